The van der Waals surface area contributed by atoms with Crippen LogP contribution in [0, 0.1) is 11.7 Å². The van der Waals surface area contributed by atoms with E-state index < -0.39 is 15.8 Å². The SMILES string of the molecule is CC(=O)CC(=O)C[C@H](C)/C=C/c1c(-c2ccc(F)cc2)nc(N(C)S(C)(=O)=O)nc1C(C)C. The normalized spacial score (nSPS) is 12.8. The van der Waals surface area contributed by atoms with Crippen molar-refractivity contribution in [1.29, 1.82) is 0 Å². The molecule has 0 N–H and O–H groups in total. The van der Waals surface area contributed by atoms with Gasteiger partial charge in [0.25, 0.3) is 0 Å². The second kappa shape index (κ2) is 10.8. The number of ketones is 2. The zero-order valence-electron chi connectivity index (χ0n) is 19.8. The molecule has 33 heavy (non-hydrogen) atoms. The van der Waals surface area contributed by atoms with Gasteiger partial charge in [-0.1, -0.05) is 32.9 Å². The zero-order chi connectivity index (χ0) is 24.9. The van der Waals surface area contributed by atoms with Gasteiger partial charge in [-0.05, 0) is 43.0 Å². The maximum atomic E-state index is 13.5. The summed E-state index contributed by atoms with van der Waals surface area (Å²) in [5.74, 6) is -0.911. The van der Waals surface area contributed by atoms with Crippen LogP contribution in [0.1, 0.15) is 57.7 Å². The van der Waals surface area contributed by atoms with Crippen molar-refractivity contribution < 1.29 is 22.4 Å². The summed E-state index contributed by atoms with van der Waals surface area (Å²) in [6.07, 6.45) is 4.84. The van der Waals surface area contributed by atoms with Gasteiger partial charge in [-0.2, -0.15) is 0 Å². The number of sulfonamides is 1. The smallest absolute Gasteiger partial charge is 0.239 e. The Labute approximate surface area is 194 Å². The van der Waals surface area contributed by atoms with E-state index in [-0.39, 0.29) is 42.2 Å². The molecule has 0 aliphatic carbocycles. The molecule has 0 radical (unpaired) electrons. The molecule has 1 aromatic heterocycles. The second-order valence-electron chi connectivity index (χ2n) is 8.52. The summed E-state index contributed by atoms with van der Waals surface area (Å²) in [6.45, 7) is 7.11. The van der Waals surface area contributed by atoms with E-state index >= 15 is 0 Å². The molecule has 178 valence electrons. The molecule has 2 aromatic rings. The Hall–Kier alpha value is -2.94. The predicted molar refractivity (Wildman–Crippen MR) is 128 cm³/mol. The number of aromatic nitrogens is 2. The summed E-state index contributed by atoms with van der Waals surface area (Å²) < 4.78 is 38.8. The Morgan fingerprint density at radius 1 is 1.12 bits per heavy atom. The molecule has 9 heteroatoms. The number of carbonyl (C=O) groups excluding carboxylic acids is 2. The summed E-state index contributed by atoms with van der Waals surface area (Å²) in [5, 5.41) is 0. The van der Waals surface area contributed by atoms with E-state index in [0.717, 1.165) is 10.6 Å². The first-order valence-electron chi connectivity index (χ1n) is 10.6. The van der Waals surface area contributed by atoms with E-state index in [9.17, 15) is 22.4 Å². The highest BCUT2D eigenvalue weighted by Crippen LogP contribution is 2.32. The number of carbonyl (C=O) groups is 2. The topological polar surface area (TPSA) is 97.3 Å². The maximum absolute atomic E-state index is 13.5. The van der Waals surface area contributed by atoms with Crippen LogP contribution in [0.2, 0.25) is 0 Å². The highest BCUT2D eigenvalue weighted by Gasteiger charge is 2.22. The van der Waals surface area contributed by atoms with Gasteiger partial charge < -0.3 is 0 Å². The van der Waals surface area contributed by atoms with Crippen molar-refractivity contribution in [2.24, 2.45) is 5.92 Å². The average Bonchev–Trinajstić information content (AvgIpc) is 2.70. The summed E-state index contributed by atoms with van der Waals surface area (Å²) in [5.41, 5.74) is 2.34. The van der Waals surface area contributed by atoms with Gasteiger partial charge in [0.05, 0.1) is 24.1 Å². The van der Waals surface area contributed by atoms with E-state index in [1.54, 1.807) is 12.1 Å². The second-order valence-corrected chi connectivity index (χ2v) is 10.5. The Morgan fingerprint density at radius 3 is 2.24 bits per heavy atom. The van der Waals surface area contributed by atoms with Crippen molar-refractivity contribution in [1.82, 2.24) is 9.97 Å². The van der Waals surface area contributed by atoms with Crippen molar-refractivity contribution in [2.75, 3.05) is 17.6 Å². The molecule has 2 rings (SSSR count). The molecular weight excluding hydrogens is 445 g/mol. The molecule has 0 aliphatic rings. The number of halogens is 1. The molecule has 0 unspecified atom stereocenters. The quantitative estimate of drug-likeness (QED) is 0.473. The minimum absolute atomic E-state index is 0.0161. The molecule has 0 spiro atoms. The zero-order valence-corrected chi connectivity index (χ0v) is 20.6. The lowest BCUT2D eigenvalue weighted by molar-refractivity contribution is -0.126. The van der Waals surface area contributed by atoms with Crippen LogP contribution in [0.15, 0.2) is 30.3 Å². The average molecular weight is 476 g/mol. The molecule has 1 atom stereocenters. The van der Waals surface area contributed by atoms with Crippen molar-refractivity contribution in [3.8, 4) is 11.3 Å². The number of allylic oxidation sites excluding steroid dienone is 1. The number of benzene rings is 1. The lowest BCUT2D eigenvalue weighted by atomic mass is 9.95. The third kappa shape index (κ3) is 7.28. The van der Waals surface area contributed by atoms with E-state index in [4.69, 9.17) is 0 Å². The van der Waals surface area contributed by atoms with Gasteiger partial charge >= 0.3 is 0 Å². The van der Waals surface area contributed by atoms with Gasteiger partial charge in [-0.25, -0.2) is 27.1 Å². The lowest BCUT2D eigenvalue weighted by Crippen LogP contribution is -2.27. The Morgan fingerprint density at radius 2 is 1.73 bits per heavy atom. The number of Topliss-reactive ketones (excluding diaryl/α,β-unsaturated/α-hetero) is 2. The van der Waals surface area contributed by atoms with Crippen molar-refractivity contribution >= 4 is 33.6 Å². The van der Waals surface area contributed by atoms with Crippen molar-refractivity contribution in [2.45, 2.75) is 46.5 Å². The third-order valence-corrected chi connectivity index (χ3v) is 6.15. The Bertz CT molecular complexity index is 1160. The Kier molecular flexibility index (Phi) is 8.60. The fourth-order valence-electron chi connectivity index (χ4n) is 3.23. The fourth-order valence-corrected chi connectivity index (χ4v) is 3.61. The molecule has 0 saturated heterocycles. The fraction of sp³-hybridized carbons (Fsp3) is 0.417. The van der Waals surface area contributed by atoms with Crippen LogP contribution < -0.4 is 4.31 Å². The largest absolute Gasteiger partial charge is 0.300 e. The molecule has 1 aromatic carbocycles. The maximum Gasteiger partial charge on any atom is 0.239 e. The van der Waals surface area contributed by atoms with Gasteiger partial charge in [0.1, 0.15) is 17.4 Å². The van der Waals surface area contributed by atoms with Gasteiger partial charge in [-0.15, -0.1) is 0 Å². The highest BCUT2D eigenvalue weighted by molar-refractivity contribution is 7.92. The number of hydrogen-bond acceptors (Lipinski definition) is 6. The first-order chi connectivity index (χ1) is 15.3. The van der Waals surface area contributed by atoms with Crippen LogP contribution in [0.5, 0.6) is 0 Å². The van der Waals surface area contributed by atoms with Crippen molar-refractivity contribution in [3.63, 3.8) is 0 Å². The van der Waals surface area contributed by atoms with Crippen molar-refractivity contribution in [3.05, 3.63) is 47.4 Å². The third-order valence-electron chi connectivity index (χ3n) is 4.99. The van der Waals surface area contributed by atoms with E-state index in [1.807, 2.05) is 32.9 Å². The van der Waals surface area contributed by atoms with Gasteiger partial charge in [0, 0.05) is 24.6 Å². The summed E-state index contributed by atoms with van der Waals surface area (Å²) in [4.78, 5) is 32.2. The van der Waals surface area contributed by atoms with Crippen LogP contribution in [0.3, 0.4) is 0 Å². The first-order valence-corrected chi connectivity index (χ1v) is 12.5. The summed E-state index contributed by atoms with van der Waals surface area (Å²) in [7, 11) is -2.22. The predicted octanol–water partition coefficient (Wildman–Crippen LogP) is 4.39. The molecule has 0 fully saturated rings. The number of hydrogen-bond donors (Lipinski definition) is 0. The van der Waals surface area contributed by atoms with E-state index in [2.05, 4.69) is 9.97 Å². The molecule has 7 nitrogen and oxygen atoms in total. The molecule has 0 amide bonds. The monoisotopic (exact) mass is 475 g/mol. The van der Waals surface area contributed by atoms with Gasteiger partial charge in [0.15, 0.2) is 0 Å². The minimum Gasteiger partial charge on any atom is -0.300 e. The first kappa shape index (κ1) is 26.3. The molecular formula is C24H30FN3O4S. The standard InChI is InChI=1S/C24H30FN3O4S/c1-15(2)22-21(12-7-16(3)13-20(30)14-17(4)29)23(18-8-10-19(25)11-9-18)27-24(26-22)28(5)33(6,31)32/h7-12,15-16H,13-14H2,1-6H3/b12-7+/t16-/m1/s1. The van der Waals surface area contributed by atoms with E-state index in [1.165, 1.54) is 26.1 Å². The summed E-state index contributed by atoms with van der Waals surface area (Å²) in [6, 6.07) is 5.76. The van der Waals surface area contributed by atoms with Crippen LogP contribution in [0.25, 0.3) is 17.3 Å². The van der Waals surface area contributed by atoms with Gasteiger partial charge in [-0.3, -0.25) is 9.59 Å². The summed E-state index contributed by atoms with van der Waals surface area (Å²) >= 11 is 0. The highest BCUT2D eigenvalue weighted by atomic mass is 32.2. The number of nitrogens with zero attached hydrogens (tertiary/aromatic N) is 3. The molecule has 0 saturated carbocycles. The van der Waals surface area contributed by atoms with Crippen LogP contribution in [-0.4, -0.2) is 43.3 Å². The van der Waals surface area contributed by atoms with Crippen LogP contribution in [-0.2, 0) is 19.6 Å². The number of anilines is 1. The molecule has 0 bridgehead atoms. The van der Waals surface area contributed by atoms with Crippen LogP contribution >= 0.6 is 0 Å². The van der Waals surface area contributed by atoms with Gasteiger partial charge in [0.2, 0.25) is 16.0 Å². The number of rotatable bonds is 10. The van der Waals surface area contributed by atoms with Crippen LogP contribution in [0.4, 0.5) is 10.3 Å². The molecule has 0 aliphatic heterocycles. The Balaban J connectivity index is 2.62. The molecule has 1 heterocycles. The van der Waals surface area contributed by atoms with E-state index in [0.29, 0.717) is 22.5 Å². The lowest BCUT2D eigenvalue weighted by Gasteiger charge is -2.20. The minimum atomic E-state index is -3.60.